The van der Waals surface area contributed by atoms with Crippen molar-refractivity contribution in [3.8, 4) is 11.8 Å². The molecule has 0 N–H and O–H groups in total. The van der Waals surface area contributed by atoms with Gasteiger partial charge in [0.15, 0.2) is 0 Å². The molecule has 0 aromatic heterocycles. The van der Waals surface area contributed by atoms with Gasteiger partial charge in [0.05, 0.1) is 12.1 Å². The van der Waals surface area contributed by atoms with E-state index in [9.17, 15) is 4.79 Å². The number of hydrogen-bond acceptors (Lipinski definition) is 2. The largest absolute Gasteiger partial charge is 0.468 e. The van der Waals surface area contributed by atoms with E-state index in [1.54, 1.807) is 6.07 Å². The zero-order valence-electron chi connectivity index (χ0n) is 8.01. The fourth-order valence-corrected chi connectivity index (χ4v) is 1.29. The number of ether oxygens (including phenoxy) is 1. The molecular weight excluding hydrogens is 279 g/mol. The maximum Gasteiger partial charge on any atom is 0.317 e. The van der Waals surface area contributed by atoms with Crippen LogP contribution in [0.1, 0.15) is 12.0 Å². The molecule has 0 heterocycles. The molecule has 0 saturated carbocycles. The molecule has 0 saturated heterocycles. The highest BCUT2D eigenvalue weighted by atomic mass is 79.9. The Morgan fingerprint density at radius 2 is 2.33 bits per heavy atom. The fourth-order valence-electron chi connectivity index (χ4n) is 0.864. The van der Waals surface area contributed by atoms with Gasteiger partial charge in [-0.2, -0.15) is 0 Å². The predicted octanol–water partition coefficient (Wildman–Crippen LogP) is 3.02. The van der Waals surface area contributed by atoms with Gasteiger partial charge in [-0.15, -0.1) is 0 Å². The van der Waals surface area contributed by atoms with E-state index in [0.717, 1.165) is 10.0 Å². The minimum Gasteiger partial charge on any atom is -0.468 e. The maximum atomic E-state index is 10.8. The number of esters is 1. The van der Waals surface area contributed by atoms with E-state index in [4.69, 9.17) is 11.6 Å². The summed E-state index contributed by atoms with van der Waals surface area (Å²) in [6.45, 7) is 0. The molecule has 1 aromatic rings. The van der Waals surface area contributed by atoms with Gasteiger partial charge >= 0.3 is 5.97 Å². The summed E-state index contributed by atoms with van der Waals surface area (Å²) in [6, 6.07) is 5.36. The van der Waals surface area contributed by atoms with Crippen molar-refractivity contribution in [1.82, 2.24) is 0 Å². The summed E-state index contributed by atoms with van der Waals surface area (Å²) in [5, 5.41) is 0.597. The normalized spacial score (nSPS) is 9.00. The van der Waals surface area contributed by atoms with Gasteiger partial charge in [-0.1, -0.05) is 23.4 Å². The SMILES string of the molecule is COC(=O)CC#Cc1ccc(Br)c(Cl)c1. The van der Waals surface area contributed by atoms with E-state index < -0.39 is 0 Å². The van der Waals surface area contributed by atoms with E-state index in [1.807, 2.05) is 12.1 Å². The fraction of sp³-hybridized carbons (Fsp3) is 0.182. The monoisotopic (exact) mass is 286 g/mol. The lowest BCUT2D eigenvalue weighted by Crippen LogP contribution is -1.96. The van der Waals surface area contributed by atoms with Crippen LogP contribution in [0.5, 0.6) is 0 Å². The predicted molar refractivity (Wildman–Crippen MR) is 62.7 cm³/mol. The molecule has 0 radical (unpaired) electrons. The van der Waals surface area contributed by atoms with Gasteiger partial charge in [-0.3, -0.25) is 4.79 Å². The highest BCUT2D eigenvalue weighted by molar-refractivity contribution is 9.10. The van der Waals surface area contributed by atoms with Crippen LogP contribution in [0.25, 0.3) is 0 Å². The second kappa shape index (κ2) is 5.79. The highest BCUT2D eigenvalue weighted by Gasteiger charge is 1.97. The molecule has 1 aromatic carbocycles. The van der Waals surface area contributed by atoms with Crippen molar-refractivity contribution < 1.29 is 9.53 Å². The number of hydrogen-bond donors (Lipinski definition) is 0. The Morgan fingerprint density at radius 3 is 2.93 bits per heavy atom. The average Bonchev–Trinajstić information content (AvgIpc) is 2.23. The van der Waals surface area contributed by atoms with Crippen molar-refractivity contribution in [3.63, 3.8) is 0 Å². The lowest BCUT2D eigenvalue weighted by atomic mass is 10.2. The molecule has 4 heteroatoms. The van der Waals surface area contributed by atoms with Crippen LogP contribution in [-0.2, 0) is 9.53 Å². The van der Waals surface area contributed by atoms with Crippen LogP contribution in [0.3, 0.4) is 0 Å². The minimum atomic E-state index is -0.342. The summed E-state index contributed by atoms with van der Waals surface area (Å²) in [6.07, 6.45) is 0.0875. The van der Waals surface area contributed by atoms with Gasteiger partial charge in [0.2, 0.25) is 0 Å². The molecule has 0 atom stereocenters. The van der Waals surface area contributed by atoms with Gasteiger partial charge < -0.3 is 4.74 Å². The topological polar surface area (TPSA) is 26.3 Å². The Balaban J connectivity index is 2.72. The molecule has 0 fully saturated rings. The number of methoxy groups -OCH3 is 1. The molecule has 78 valence electrons. The van der Waals surface area contributed by atoms with E-state index >= 15 is 0 Å². The highest BCUT2D eigenvalue weighted by Crippen LogP contribution is 2.22. The summed E-state index contributed by atoms with van der Waals surface area (Å²) in [5.41, 5.74) is 0.770. The summed E-state index contributed by atoms with van der Waals surface area (Å²) >= 11 is 9.15. The molecule has 15 heavy (non-hydrogen) atoms. The third kappa shape index (κ3) is 3.94. The summed E-state index contributed by atoms with van der Waals surface area (Å²) < 4.78 is 5.28. The van der Waals surface area contributed by atoms with Crippen molar-refractivity contribution in [2.24, 2.45) is 0 Å². The molecule has 1 rings (SSSR count). The van der Waals surface area contributed by atoms with Crippen LogP contribution in [-0.4, -0.2) is 13.1 Å². The Labute approximate surface area is 102 Å². The Kier molecular flexibility index (Phi) is 4.67. The summed E-state index contributed by atoms with van der Waals surface area (Å²) in [7, 11) is 1.33. The van der Waals surface area contributed by atoms with Gasteiger partial charge in [0, 0.05) is 10.0 Å². The number of halogens is 2. The van der Waals surface area contributed by atoms with E-state index in [-0.39, 0.29) is 12.4 Å². The quantitative estimate of drug-likeness (QED) is 0.586. The van der Waals surface area contributed by atoms with Crippen molar-refractivity contribution in [3.05, 3.63) is 33.3 Å². The molecule has 0 amide bonds. The van der Waals surface area contributed by atoms with Crippen molar-refractivity contribution in [2.45, 2.75) is 6.42 Å². The zero-order chi connectivity index (χ0) is 11.3. The first-order chi connectivity index (χ1) is 7.13. The third-order valence-electron chi connectivity index (χ3n) is 1.61. The van der Waals surface area contributed by atoms with Crippen LogP contribution in [0.4, 0.5) is 0 Å². The Bertz CT molecular complexity index is 432. The van der Waals surface area contributed by atoms with Gasteiger partial charge in [-0.25, -0.2) is 0 Å². The lowest BCUT2D eigenvalue weighted by Gasteiger charge is -1.95. The van der Waals surface area contributed by atoms with Gasteiger partial charge in [-0.05, 0) is 34.1 Å². The minimum absolute atomic E-state index is 0.0875. The second-order valence-corrected chi connectivity index (χ2v) is 3.95. The third-order valence-corrected chi connectivity index (χ3v) is 2.85. The van der Waals surface area contributed by atoms with Crippen LogP contribution in [0, 0.1) is 11.8 Å². The van der Waals surface area contributed by atoms with Gasteiger partial charge in [0.25, 0.3) is 0 Å². The molecule has 0 aliphatic rings. The van der Waals surface area contributed by atoms with E-state index in [1.165, 1.54) is 7.11 Å². The molecule has 0 bridgehead atoms. The number of rotatable bonds is 1. The Hall–Kier alpha value is -0.980. The standard InChI is InChI=1S/C11H8BrClO2/c1-15-11(14)4-2-3-8-5-6-9(12)10(13)7-8/h5-7H,4H2,1H3. The molecule has 0 aliphatic heterocycles. The lowest BCUT2D eigenvalue weighted by molar-refractivity contribution is -0.139. The van der Waals surface area contributed by atoms with Crippen LogP contribution in [0.15, 0.2) is 22.7 Å². The first-order valence-electron chi connectivity index (χ1n) is 4.14. The van der Waals surface area contributed by atoms with Gasteiger partial charge in [0.1, 0.15) is 6.42 Å². The molecule has 2 nitrogen and oxygen atoms in total. The van der Waals surface area contributed by atoms with Crippen molar-refractivity contribution in [2.75, 3.05) is 7.11 Å². The summed E-state index contributed by atoms with van der Waals surface area (Å²) in [4.78, 5) is 10.8. The number of carbonyl (C=O) groups excluding carboxylic acids is 1. The number of benzene rings is 1. The molecular formula is C11H8BrClO2. The zero-order valence-corrected chi connectivity index (χ0v) is 10.4. The second-order valence-electron chi connectivity index (χ2n) is 2.68. The molecule has 0 spiro atoms. The Morgan fingerprint density at radius 1 is 1.60 bits per heavy atom. The van der Waals surface area contributed by atoms with E-state index in [0.29, 0.717) is 5.02 Å². The van der Waals surface area contributed by atoms with Crippen LogP contribution < -0.4 is 0 Å². The van der Waals surface area contributed by atoms with Crippen LogP contribution in [0.2, 0.25) is 5.02 Å². The first-order valence-corrected chi connectivity index (χ1v) is 5.31. The van der Waals surface area contributed by atoms with E-state index in [2.05, 4.69) is 32.5 Å². The number of carbonyl (C=O) groups is 1. The molecule has 0 aliphatic carbocycles. The maximum absolute atomic E-state index is 10.8. The van der Waals surface area contributed by atoms with Crippen molar-refractivity contribution in [1.29, 1.82) is 0 Å². The first kappa shape index (κ1) is 12.1. The molecule has 0 unspecified atom stereocenters. The average molecular weight is 288 g/mol. The smallest absolute Gasteiger partial charge is 0.317 e. The van der Waals surface area contributed by atoms with Crippen molar-refractivity contribution >= 4 is 33.5 Å². The van der Waals surface area contributed by atoms with Crippen LogP contribution >= 0.6 is 27.5 Å². The summed E-state index contributed by atoms with van der Waals surface area (Å²) in [5.74, 6) is 5.18.